The van der Waals surface area contributed by atoms with Crippen molar-refractivity contribution in [3.8, 4) is 5.75 Å². The summed E-state index contributed by atoms with van der Waals surface area (Å²) in [5.74, 6) is 0.613. The van der Waals surface area contributed by atoms with E-state index in [1.54, 1.807) is 11.9 Å². The molecule has 1 heterocycles. The minimum absolute atomic E-state index is 0.0135. The van der Waals surface area contributed by atoms with Crippen molar-refractivity contribution in [2.24, 2.45) is 0 Å². The monoisotopic (exact) mass is 262 g/mol. The molecule has 0 radical (unpaired) electrons. The number of nitrogen functional groups attached to an aromatic ring is 1. The lowest BCUT2D eigenvalue weighted by Gasteiger charge is -2.34. The van der Waals surface area contributed by atoms with Crippen LogP contribution in [-0.2, 0) is 10.2 Å². The molecule has 0 spiro atoms. The Balaban J connectivity index is 2.56. The zero-order valence-electron chi connectivity index (χ0n) is 12.3. The smallest absolute Gasteiger partial charge is 0.267 e. The molecule has 104 valence electrons. The molecule has 0 aromatic heterocycles. The van der Waals surface area contributed by atoms with Gasteiger partial charge in [-0.1, -0.05) is 27.7 Å². The summed E-state index contributed by atoms with van der Waals surface area (Å²) in [6, 6.07) is 3.94. The number of anilines is 2. The lowest BCUT2D eigenvalue weighted by Crippen LogP contribution is -2.43. The molecule has 0 fully saturated rings. The first-order valence-corrected chi connectivity index (χ1v) is 6.64. The Hall–Kier alpha value is -1.71. The van der Waals surface area contributed by atoms with Crippen LogP contribution in [0.2, 0.25) is 0 Å². The van der Waals surface area contributed by atoms with E-state index >= 15 is 0 Å². The molecule has 4 heteroatoms. The number of carbonyl (C=O) groups excluding carboxylic acids is 1. The minimum Gasteiger partial charge on any atom is -0.476 e. The summed E-state index contributed by atoms with van der Waals surface area (Å²) in [7, 11) is 1.78. The number of carbonyl (C=O) groups is 1. The number of amides is 1. The van der Waals surface area contributed by atoms with Gasteiger partial charge in [0.15, 0.2) is 11.9 Å². The maximum atomic E-state index is 12.2. The molecular formula is C15H22N2O2. The lowest BCUT2D eigenvalue weighted by molar-refractivity contribution is -0.126. The molecule has 1 unspecified atom stereocenters. The summed E-state index contributed by atoms with van der Waals surface area (Å²) in [5, 5.41) is 0. The molecule has 2 N–H and O–H groups in total. The van der Waals surface area contributed by atoms with Crippen molar-refractivity contribution in [1.82, 2.24) is 0 Å². The Bertz CT molecular complexity index is 518. The van der Waals surface area contributed by atoms with Crippen molar-refractivity contribution in [3.05, 3.63) is 17.7 Å². The molecule has 1 aliphatic heterocycles. The van der Waals surface area contributed by atoms with E-state index in [-0.39, 0.29) is 11.3 Å². The molecule has 4 nitrogen and oxygen atoms in total. The van der Waals surface area contributed by atoms with Gasteiger partial charge in [-0.2, -0.15) is 0 Å². The highest BCUT2D eigenvalue weighted by atomic mass is 16.5. The summed E-state index contributed by atoms with van der Waals surface area (Å²) in [6.07, 6.45) is 0.212. The van der Waals surface area contributed by atoms with Crippen LogP contribution in [0.25, 0.3) is 0 Å². The number of hydrogen-bond acceptors (Lipinski definition) is 3. The van der Waals surface area contributed by atoms with E-state index in [9.17, 15) is 4.79 Å². The number of nitrogens with zero attached hydrogens (tertiary/aromatic N) is 1. The molecule has 1 amide bonds. The van der Waals surface area contributed by atoms with Crippen LogP contribution in [0.3, 0.4) is 0 Å². The number of rotatable bonds is 1. The first-order chi connectivity index (χ1) is 8.75. The Labute approximate surface area is 114 Å². The molecule has 1 aliphatic rings. The van der Waals surface area contributed by atoms with Gasteiger partial charge in [0, 0.05) is 7.05 Å². The highest BCUT2D eigenvalue weighted by Gasteiger charge is 2.33. The van der Waals surface area contributed by atoms with Crippen molar-refractivity contribution in [2.75, 3.05) is 17.7 Å². The second-order valence-corrected chi connectivity index (χ2v) is 6.08. The second kappa shape index (κ2) is 4.44. The quantitative estimate of drug-likeness (QED) is 0.792. The normalized spacial score (nSPS) is 19.1. The SMILES string of the molecule is CCC1Oc2c(N)cc(C(C)(C)C)cc2N(C)C1=O. The van der Waals surface area contributed by atoms with E-state index in [4.69, 9.17) is 10.5 Å². The van der Waals surface area contributed by atoms with E-state index in [1.807, 2.05) is 19.1 Å². The van der Waals surface area contributed by atoms with Crippen LogP contribution < -0.4 is 15.4 Å². The number of hydrogen-bond donors (Lipinski definition) is 1. The summed E-state index contributed by atoms with van der Waals surface area (Å²) >= 11 is 0. The van der Waals surface area contributed by atoms with Gasteiger partial charge >= 0.3 is 0 Å². The lowest BCUT2D eigenvalue weighted by atomic mass is 9.86. The minimum atomic E-state index is -0.430. The molecule has 2 rings (SSSR count). The molecule has 1 aromatic carbocycles. The first-order valence-electron chi connectivity index (χ1n) is 6.64. The van der Waals surface area contributed by atoms with Crippen molar-refractivity contribution < 1.29 is 9.53 Å². The van der Waals surface area contributed by atoms with E-state index in [1.165, 1.54) is 0 Å². The molecule has 1 atom stereocenters. The predicted octanol–water partition coefficient (Wildman–Crippen LogP) is 2.70. The average Bonchev–Trinajstić information content (AvgIpc) is 2.32. The van der Waals surface area contributed by atoms with Gasteiger partial charge in [0.2, 0.25) is 0 Å². The van der Waals surface area contributed by atoms with Gasteiger partial charge in [-0.25, -0.2) is 0 Å². The number of nitrogens with two attached hydrogens (primary N) is 1. The molecule has 1 aromatic rings. The maximum absolute atomic E-state index is 12.2. The van der Waals surface area contributed by atoms with Gasteiger partial charge < -0.3 is 15.4 Å². The number of benzene rings is 1. The predicted molar refractivity (Wildman–Crippen MR) is 77.7 cm³/mol. The maximum Gasteiger partial charge on any atom is 0.267 e. The van der Waals surface area contributed by atoms with Crippen LogP contribution in [0.5, 0.6) is 5.75 Å². The average molecular weight is 262 g/mol. The summed E-state index contributed by atoms with van der Waals surface area (Å²) in [5.41, 5.74) is 8.54. The molecule has 19 heavy (non-hydrogen) atoms. The third kappa shape index (κ3) is 2.27. The van der Waals surface area contributed by atoms with Crippen LogP contribution in [0, 0.1) is 0 Å². The standard InChI is InChI=1S/C15H22N2O2/c1-6-12-14(18)17(5)11-8-9(15(2,3)4)7-10(16)13(11)19-12/h7-8,12H,6,16H2,1-5H3. The Kier molecular flexibility index (Phi) is 3.20. The Morgan fingerprint density at radius 2 is 2.00 bits per heavy atom. The molecule has 0 aliphatic carbocycles. The van der Waals surface area contributed by atoms with Crippen LogP contribution in [0.15, 0.2) is 12.1 Å². The van der Waals surface area contributed by atoms with Gasteiger partial charge in [0.25, 0.3) is 5.91 Å². The molecular weight excluding hydrogens is 240 g/mol. The number of fused-ring (bicyclic) bond motifs is 1. The summed E-state index contributed by atoms with van der Waals surface area (Å²) in [4.78, 5) is 13.8. The highest BCUT2D eigenvalue weighted by molar-refractivity contribution is 6.01. The summed E-state index contributed by atoms with van der Waals surface area (Å²) < 4.78 is 5.75. The topological polar surface area (TPSA) is 55.6 Å². The van der Waals surface area contributed by atoms with E-state index in [0.29, 0.717) is 17.9 Å². The van der Waals surface area contributed by atoms with Crippen LogP contribution in [0.4, 0.5) is 11.4 Å². The molecule has 0 bridgehead atoms. The van der Waals surface area contributed by atoms with Gasteiger partial charge in [0.05, 0.1) is 11.4 Å². The summed E-state index contributed by atoms with van der Waals surface area (Å²) in [6.45, 7) is 8.29. The second-order valence-electron chi connectivity index (χ2n) is 6.08. The van der Waals surface area contributed by atoms with Crippen LogP contribution in [-0.4, -0.2) is 19.1 Å². The fraction of sp³-hybridized carbons (Fsp3) is 0.533. The van der Waals surface area contributed by atoms with Crippen molar-refractivity contribution in [1.29, 1.82) is 0 Å². The third-order valence-corrected chi connectivity index (χ3v) is 3.56. The van der Waals surface area contributed by atoms with Crippen LogP contribution in [0.1, 0.15) is 39.7 Å². The fourth-order valence-electron chi connectivity index (χ4n) is 2.23. The van der Waals surface area contributed by atoms with Crippen molar-refractivity contribution in [2.45, 2.75) is 45.6 Å². The van der Waals surface area contributed by atoms with E-state index < -0.39 is 6.10 Å². The zero-order valence-corrected chi connectivity index (χ0v) is 12.3. The Morgan fingerprint density at radius 1 is 1.37 bits per heavy atom. The first kappa shape index (κ1) is 13.7. The zero-order chi connectivity index (χ0) is 14.4. The van der Waals surface area contributed by atoms with E-state index in [0.717, 1.165) is 11.3 Å². The van der Waals surface area contributed by atoms with Gasteiger partial charge in [0.1, 0.15) is 0 Å². The molecule has 0 saturated heterocycles. The fourth-order valence-corrected chi connectivity index (χ4v) is 2.23. The number of ether oxygens (including phenoxy) is 1. The van der Waals surface area contributed by atoms with Crippen molar-refractivity contribution in [3.63, 3.8) is 0 Å². The molecule has 0 saturated carbocycles. The largest absolute Gasteiger partial charge is 0.476 e. The van der Waals surface area contributed by atoms with E-state index in [2.05, 4.69) is 20.8 Å². The number of likely N-dealkylation sites (N-methyl/N-ethyl adjacent to an activating group) is 1. The van der Waals surface area contributed by atoms with Gasteiger partial charge in [-0.05, 0) is 29.5 Å². The highest BCUT2D eigenvalue weighted by Crippen LogP contribution is 2.42. The van der Waals surface area contributed by atoms with Gasteiger partial charge in [-0.3, -0.25) is 4.79 Å². The van der Waals surface area contributed by atoms with Gasteiger partial charge in [-0.15, -0.1) is 0 Å². The Morgan fingerprint density at radius 3 is 2.53 bits per heavy atom. The third-order valence-electron chi connectivity index (χ3n) is 3.56. The van der Waals surface area contributed by atoms with Crippen LogP contribution >= 0.6 is 0 Å². The van der Waals surface area contributed by atoms with Crippen molar-refractivity contribution >= 4 is 17.3 Å².